The fourth-order valence-electron chi connectivity index (χ4n) is 9.02. The summed E-state index contributed by atoms with van der Waals surface area (Å²) in [5.74, 6) is -0.0574. The van der Waals surface area contributed by atoms with Crippen molar-refractivity contribution in [3.63, 3.8) is 0 Å². The van der Waals surface area contributed by atoms with Gasteiger partial charge in [0.2, 0.25) is 0 Å². The highest BCUT2D eigenvalue weighted by atomic mass is 31.2. The number of aliphatic hydroxyl groups is 1. The topological polar surface area (TPSA) is 364 Å². The summed E-state index contributed by atoms with van der Waals surface area (Å²) >= 11 is 0. The molecule has 3 aliphatic rings. The van der Waals surface area contributed by atoms with Gasteiger partial charge in [0, 0.05) is 19.2 Å². The van der Waals surface area contributed by atoms with Crippen LogP contribution >= 0.6 is 15.6 Å². The first kappa shape index (κ1) is 53.6. The number of carbonyl (C=O) groups excluding carboxylic acids is 1. The number of aromatic nitrogens is 6. The number of hydrogen-bond donors (Lipinski definition) is 6. The summed E-state index contributed by atoms with van der Waals surface area (Å²) in [7, 11) is -7.59. The third kappa shape index (κ3) is 11.8. The number of nitrogen functional groups attached to an aromatic ring is 2. The average molecular weight is 1080 g/mol. The first-order valence-corrected chi connectivity index (χ1v) is 26.1. The van der Waals surface area contributed by atoms with E-state index in [1.165, 1.54) is 37.4 Å². The second-order valence-electron chi connectivity index (χ2n) is 17.2. The number of fused-ring (bicyclic) bond motifs is 1. The standard InChI is InChI=1S/C46H52N8O19P2/c1-63-29-14-10-27(11-15-29)46(26-7-4-3-5-8-26,28-12-16-30(64-2)17-13-28)66-23-34(55)71-38-31(69-43(37(38)56)54-25-51-36-41(48)49-24-50-42(36)54)22-68-75(61,62)73-39-32(21-67-74(58,59)60)70-44(40(39)72-35-9-6-20-65-35)53-19-18-33(47)52-45(53)57/h3-5,7-8,10-19,24-25,31-32,35,37-40,43-44,56H,6,9,20-23H2,1-2H3,(H,61,62)(H2,47,52,57)(H2,48,49,50)(H2,58,59,60)/t31?,32-,35?,37?,38?,39-,40-,43?,44-/m1/s1. The van der Waals surface area contributed by atoms with E-state index in [4.69, 9.17) is 62.9 Å². The molecule has 3 aromatic carbocycles. The molecular formula is C46H52N8O19P2. The summed E-state index contributed by atoms with van der Waals surface area (Å²) in [5.41, 5.74) is 11.4. The van der Waals surface area contributed by atoms with Crippen molar-refractivity contribution in [2.24, 2.45) is 0 Å². The van der Waals surface area contributed by atoms with E-state index in [0.29, 0.717) is 41.0 Å². The Kier molecular flexibility index (Phi) is 16.1. The Hall–Kier alpha value is -6.26. The number of hydrogen-bond acceptors (Lipinski definition) is 22. The molecule has 0 amide bonds. The molecule has 0 radical (unpaired) electrons. The molecule has 6 aromatic rings. The van der Waals surface area contributed by atoms with Crippen molar-refractivity contribution in [1.29, 1.82) is 0 Å². The molecule has 9 rings (SSSR count). The quantitative estimate of drug-likeness (QED) is 0.0342. The van der Waals surface area contributed by atoms with Crippen LogP contribution in [0.5, 0.6) is 11.5 Å². The zero-order valence-electron chi connectivity index (χ0n) is 39.9. The number of nitrogens with zero attached hydrogens (tertiary/aromatic N) is 6. The van der Waals surface area contributed by atoms with Gasteiger partial charge in [-0.15, -0.1) is 0 Å². The molecule has 0 spiro atoms. The normalized spacial score (nSPS) is 24.8. The van der Waals surface area contributed by atoms with E-state index < -0.39 is 108 Å². The molecule has 6 unspecified atom stereocenters. The van der Waals surface area contributed by atoms with Crippen LogP contribution in [0.4, 0.5) is 11.6 Å². The Bertz CT molecular complexity index is 3040. The summed E-state index contributed by atoms with van der Waals surface area (Å²) in [5, 5.41) is 12.0. The van der Waals surface area contributed by atoms with Crippen molar-refractivity contribution >= 4 is 44.4 Å². The predicted octanol–water partition coefficient (Wildman–Crippen LogP) is 2.47. The molecule has 29 heteroatoms. The largest absolute Gasteiger partial charge is 0.497 e. The summed E-state index contributed by atoms with van der Waals surface area (Å²) in [4.78, 5) is 74.3. The van der Waals surface area contributed by atoms with Gasteiger partial charge in [0.1, 0.15) is 71.9 Å². The molecule has 27 nitrogen and oxygen atoms in total. The zero-order chi connectivity index (χ0) is 53.1. The number of carbonyl (C=O) groups is 1. The molecule has 0 saturated carbocycles. The molecule has 400 valence electrons. The number of imidazole rings is 1. The minimum absolute atomic E-state index is 0.00201. The van der Waals surface area contributed by atoms with Crippen LogP contribution in [0.25, 0.3) is 11.2 Å². The van der Waals surface area contributed by atoms with Gasteiger partial charge in [-0.3, -0.25) is 22.7 Å². The Labute approximate surface area is 426 Å². The molecule has 3 aromatic heterocycles. The lowest BCUT2D eigenvalue weighted by Gasteiger charge is -2.36. The average Bonchev–Trinajstić information content (AvgIpc) is 4.21. The Morgan fingerprint density at radius 2 is 1.44 bits per heavy atom. The monoisotopic (exact) mass is 1080 g/mol. The smallest absolute Gasteiger partial charge is 0.472 e. The molecule has 6 heterocycles. The van der Waals surface area contributed by atoms with Gasteiger partial charge in [0.25, 0.3) is 0 Å². The van der Waals surface area contributed by atoms with Crippen LogP contribution in [0.2, 0.25) is 0 Å². The van der Waals surface area contributed by atoms with Crippen molar-refractivity contribution in [3.8, 4) is 11.5 Å². The van der Waals surface area contributed by atoms with E-state index in [9.17, 15) is 38.5 Å². The lowest BCUT2D eigenvalue weighted by molar-refractivity contribution is -0.181. The van der Waals surface area contributed by atoms with Gasteiger partial charge >= 0.3 is 27.3 Å². The van der Waals surface area contributed by atoms with E-state index in [2.05, 4.69) is 19.9 Å². The highest BCUT2D eigenvalue weighted by molar-refractivity contribution is 7.47. The van der Waals surface area contributed by atoms with Crippen LogP contribution in [0, 0.1) is 0 Å². The molecule has 0 bridgehead atoms. The second-order valence-corrected chi connectivity index (χ2v) is 19.8. The van der Waals surface area contributed by atoms with Gasteiger partial charge < -0.3 is 69.1 Å². The second kappa shape index (κ2) is 22.5. The fourth-order valence-corrected chi connectivity index (χ4v) is 10.3. The van der Waals surface area contributed by atoms with E-state index in [1.54, 1.807) is 48.5 Å². The molecule has 3 saturated heterocycles. The summed E-state index contributed by atoms with van der Waals surface area (Å²) in [6.07, 6.45) is -9.37. The van der Waals surface area contributed by atoms with Crippen LogP contribution in [-0.2, 0) is 61.5 Å². The first-order chi connectivity index (χ1) is 36.0. The number of anilines is 2. The third-order valence-electron chi connectivity index (χ3n) is 12.5. The van der Waals surface area contributed by atoms with Gasteiger partial charge in [0.15, 0.2) is 36.3 Å². The van der Waals surface area contributed by atoms with Crippen molar-refractivity contribution in [3.05, 3.63) is 131 Å². The maximum atomic E-state index is 14.3. The minimum atomic E-state index is -5.45. The van der Waals surface area contributed by atoms with Crippen molar-refractivity contribution in [2.75, 3.05) is 52.1 Å². The molecule has 8 N–H and O–H groups in total. The molecule has 10 atom stereocenters. The van der Waals surface area contributed by atoms with Crippen molar-refractivity contribution < 1.29 is 85.2 Å². The Balaban J connectivity index is 1.01. The maximum absolute atomic E-state index is 14.3. The zero-order valence-corrected chi connectivity index (χ0v) is 41.7. The Morgan fingerprint density at radius 3 is 2.07 bits per heavy atom. The van der Waals surface area contributed by atoms with Gasteiger partial charge in [0.05, 0.1) is 33.8 Å². The molecule has 75 heavy (non-hydrogen) atoms. The van der Waals surface area contributed by atoms with Crippen LogP contribution in [0.15, 0.2) is 109 Å². The number of nitrogens with two attached hydrogens (primary N) is 2. The first-order valence-electron chi connectivity index (χ1n) is 23.0. The number of aliphatic hydroxyl groups excluding tert-OH is 1. The molecule has 3 fully saturated rings. The molecule has 3 aliphatic heterocycles. The van der Waals surface area contributed by atoms with E-state index >= 15 is 0 Å². The van der Waals surface area contributed by atoms with Crippen LogP contribution in [0.1, 0.15) is 42.0 Å². The van der Waals surface area contributed by atoms with E-state index in [-0.39, 0.29) is 29.4 Å². The number of phosphoric ester groups is 2. The summed E-state index contributed by atoms with van der Waals surface area (Å²) in [6.45, 7) is -2.37. The number of methoxy groups -OCH3 is 2. The highest BCUT2D eigenvalue weighted by Gasteiger charge is 2.54. The number of esters is 1. The van der Waals surface area contributed by atoms with E-state index in [0.717, 1.165) is 10.9 Å². The molecular weight excluding hydrogens is 1030 g/mol. The lowest BCUT2D eigenvalue weighted by Crippen LogP contribution is -2.42. The SMILES string of the molecule is COc1ccc(C(OCC(=O)OC2C(COP(=O)(O)O[C@H]3[C@@H](OC4CCCO4)[C@H](n4ccc(N)nc4=O)O[C@@H]3COP(=O)(O)O)OC(n3cnc4c(N)ncnc43)C2O)(c2ccccc2)c2ccc(OC)cc2)cc1. The minimum Gasteiger partial charge on any atom is -0.497 e. The number of ether oxygens (including phenoxy) is 8. The van der Waals surface area contributed by atoms with Gasteiger partial charge in [-0.25, -0.2) is 33.7 Å². The maximum Gasteiger partial charge on any atom is 0.472 e. The predicted molar refractivity (Wildman–Crippen MR) is 257 cm³/mol. The van der Waals surface area contributed by atoms with Gasteiger partial charge in [-0.2, -0.15) is 4.98 Å². The molecule has 0 aliphatic carbocycles. The van der Waals surface area contributed by atoms with Gasteiger partial charge in [-0.05, 0) is 53.4 Å². The third-order valence-corrected chi connectivity index (χ3v) is 14.0. The highest BCUT2D eigenvalue weighted by Crippen LogP contribution is 2.51. The Morgan fingerprint density at radius 1 is 0.800 bits per heavy atom. The van der Waals surface area contributed by atoms with E-state index in [1.807, 2.05) is 30.3 Å². The number of rotatable bonds is 21. The number of benzene rings is 3. The van der Waals surface area contributed by atoms with Crippen molar-refractivity contribution in [2.45, 2.75) is 73.8 Å². The van der Waals surface area contributed by atoms with Gasteiger partial charge in [-0.1, -0.05) is 54.6 Å². The van der Waals surface area contributed by atoms with Crippen LogP contribution < -0.4 is 26.6 Å². The van der Waals surface area contributed by atoms with Crippen LogP contribution in [0.3, 0.4) is 0 Å². The fraction of sp³-hybridized carbons (Fsp3) is 0.391. The van der Waals surface area contributed by atoms with Crippen molar-refractivity contribution in [1.82, 2.24) is 29.1 Å². The number of phosphoric acid groups is 2. The summed E-state index contributed by atoms with van der Waals surface area (Å²) < 4.78 is 91.9. The summed E-state index contributed by atoms with van der Waals surface area (Å²) in [6, 6.07) is 24.4. The van der Waals surface area contributed by atoms with Crippen LogP contribution in [-0.4, -0.2) is 138 Å². The lowest BCUT2D eigenvalue weighted by atomic mass is 9.80.